The Kier molecular flexibility index (Phi) is 4.35. The van der Waals surface area contributed by atoms with Crippen molar-refractivity contribution in [2.24, 2.45) is 5.92 Å². The molecule has 1 saturated heterocycles. The van der Waals surface area contributed by atoms with Gasteiger partial charge in [0.2, 0.25) is 0 Å². The van der Waals surface area contributed by atoms with Gasteiger partial charge in [-0.15, -0.1) is 11.3 Å². The Bertz CT molecular complexity index is 416. The van der Waals surface area contributed by atoms with Crippen LogP contribution in [0.4, 0.5) is 0 Å². The SMILES string of the molecule is CC(C)c1nc(C(=O)NC2CCNCC2C)cs1. The van der Waals surface area contributed by atoms with Crippen molar-refractivity contribution in [2.45, 2.75) is 39.2 Å². The molecule has 5 heteroatoms. The summed E-state index contributed by atoms with van der Waals surface area (Å²) >= 11 is 1.56. The van der Waals surface area contributed by atoms with Crippen LogP contribution in [0.25, 0.3) is 0 Å². The first-order chi connectivity index (χ1) is 8.58. The normalized spacial score (nSPS) is 24.2. The van der Waals surface area contributed by atoms with Gasteiger partial charge in [0.05, 0.1) is 5.01 Å². The first-order valence-electron chi connectivity index (χ1n) is 6.55. The van der Waals surface area contributed by atoms with Crippen LogP contribution in [0.1, 0.15) is 48.6 Å². The van der Waals surface area contributed by atoms with Crippen LogP contribution < -0.4 is 10.6 Å². The van der Waals surface area contributed by atoms with Gasteiger partial charge < -0.3 is 10.6 Å². The maximum absolute atomic E-state index is 12.1. The Hall–Kier alpha value is -0.940. The molecular formula is C13H21N3OS. The molecular weight excluding hydrogens is 246 g/mol. The van der Waals surface area contributed by atoms with Crippen molar-refractivity contribution < 1.29 is 4.79 Å². The van der Waals surface area contributed by atoms with Gasteiger partial charge in [0, 0.05) is 17.3 Å². The van der Waals surface area contributed by atoms with Crippen LogP contribution in [0, 0.1) is 5.92 Å². The lowest BCUT2D eigenvalue weighted by molar-refractivity contribution is 0.0909. The maximum Gasteiger partial charge on any atom is 0.270 e. The zero-order valence-electron chi connectivity index (χ0n) is 11.2. The van der Waals surface area contributed by atoms with Gasteiger partial charge >= 0.3 is 0 Å². The molecule has 1 aliphatic heterocycles. The van der Waals surface area contributed by atoms with E-state index in [-0.39, 0.29) is 11.9 Å². The van der Waals surface area contributed by atoms with Gasteiger partial charge in [-0.1, -0.05) is 20.8 Å². The minimum atomic E-state index is -0.0306. The molecule has 1 amide bonds. The van der Waals surface area contributed by atoms with E-state index in [0.717, 1.165) is 24.5 Å². The lowest BCUT2D eigenvalue weighted by Gasteiger charge is -2.29. The van der Waals surface area contributed by atoms with Gasteiger partial charge in [-0.2, -0.15) is 0 Å². The highest BCUT2D eigenvalue weighted by atomic mass is 32.1. The molecule has 4 nitrogen and oxygen atoms in total. The summed E-state index contributed by atoms with van der Waals surface area (Å²) in [6.07, 6.45) is 0.994. The zero-order chi connectivity index (χ0) is 13.1. The first-order valence-corrected chi connectivity index (χ1v) is 7.43. The monoisotopic (exact) mass is 267 g/mol. The summed E-state index contributed by atoms with van der Waals surface area (Å²) in [5, 5.41) is 9.32. The highest BCUT2D eigenvalue weighted by molar-refractivity contribution is 7.09. The smallest absolute Gasteiger partial charge is 0.270 e. The maximum atomic E-state index is 12.1. The van der Waals surface area contributed by atoms with E-state index >= 15 is 0 Å². The Morgan fingerprint density at radius 2 is 2.39 bits per heavy atom. The summed E-state index contributed by atoms with van der Waals surface area (Å²) in [6, 6.07) is 0.267. The van der Waals surface area contributed by atoms with E-state index < -0.39 is 0 Å². The van der Waals surface area contributed by atoms with Crippen molar-refractivity contribution in [2.75, 3.05) is 13.1 Å². The number of hydrogen-bond donors (Lipinski definition) is 2. The molecule has 0 aromatic carbocycles. The van der Waals surface area contributed by atoms with Crippen LogP contribution in [-0.2, 0) is 0 Å². The van der Waals surface area contributed by atoms with Crippen molar-refractivity contribution in [1.82, 2.24) is 15.6 Å². The second-order valence-corrected chi connectivity index (χ2v) is 6.17. The molecule has 1 fully saturated rings. The summed E-state index contributed by atoms with van der Waals surface area (Å²) < 4.78 is 0. The van der Waals surface area contributed by atoms with Crippen molar-refractivity contribution in [3.63, 3.8) is 0 Å². The molecule has 1 aromatic rings. The van der Waals surface area contributed by atoms with E-state index in [4.69, 9.17) is 0 Å². The van der Waals surface area contributed by atoms with Gasteiger partial charge in [0.25, 0.3) is 5.91 Å². The fourth-order valence-electron chi connectivity index (χ4n) is 2.13. The number of amides is 1. The molecule has 18 heavy (non-hydrogen) atoms. The van der Waals surface area contributed by atoms with Crippen molar-refractivity contribution >= 4 is 17.2 Å². The first kappa shape index (κ1) is 13.5. The standard InChI is InChI=1S/C13H21N3OS/c1-8(2)13-16-11(7-18-13)12(17)15-10-4-5-14-6-9(10)3/h7-10,14H,4-6H2,1-3H3,(H,15,17). The number of nitrogens with zero attached hydrogens (tertiary/aromatic N) is 1. The fraction of sp³-hybridized carbons (Fsp3) is 0.692. The van der Waals surface area contributed by atoms with E-state index in [0.29, 0.717) is 17.5 Å². The molecule has 0 bridgehead atoms. The summed E-state index contributed by atoms with van der Waals surface area (Å²) in [7, 11) is 0. The second kappa shape index (κ2) is 5.80. The molecule has 1 aliphatic rings. The third kappa shape index (κ3) is 3.09. The molecule has 2 heterocycles. The van der Waals surface area contributed by atoms with E-state index in [1.165, 1.54) is 0 Å². The molecule has 0 aliphatic carbocycles. The van der Waals surface area contributed by atoms with E-state index in [1.54, 1.807) is 11.3 Å². The van der Waals surface area contributed by atoms with E-state index in [9.17, 15) is 4.79 Å². The van der Waals surface area contributed by atoms with E-state index in [2.05, 4.69) is 36.4 Å². The lowest BCUT2D eigenvalue weighted by Crippen LogP contribution is -2.48. The lowest BCUT2D eigenvalue weighted by atomic mass is 9.95. The molecule has 0 radical (unpaired) electrons. The van der Waals surface area contributed by atoms with Crippen molar-refractivity contribution in [3.8, 4) is 0 Å². The minimum Gasteiger partial charge on any atom is -0.348 e. The quantitative estimate of drug-likeness (QED) is 0.880. The van der Waals surface area contributed by atoms with Crippen molar-refractivity contribution in [1.29, 1.82) is 0 Å². The molecule has 0 spiro atoms. The number of hydrogen-bond acceptors (Lipinski definition) is 4. The largest absolute Gasteiger partial charge is 0.348 e. The number of carbonyl (C=O) groups is 1. The molecule has 0 saturated carbocycles. The molecule has 2 unspecified atom stereocenters. The number of rotatable bonds is 3. The van der Waals surface area contributed by atoms with Gasteiger partial charge in [-0.25, -0.2) is 4.98 Å². The van der Waals surface area contributed by atoms with Crippen LogP contribution in [0.2, 0.25) is 0 Å². The Morgan fingerprint density at radius 1 is 1.61 bits per heavy atom. The van der Waals surface area contributed by atoms with E-state index in [1.807, 2.05) is 5.38 Å². The Morgan fingerprint density at radius 3 is 3.00 bits per heavy atom. The van der Waals surface area contributed by atoms with Crippen molar-refractivity contribution in [3.05, 3.63) is 16.1 Å². The summed E-state index contributed by atoms with van der Waals surface area (Å²) in [5.41, 5.74) is 0.564. The summed E-state index contributed by atoms with van der Waals surface area (Å²) in [4.78, 5) is 16.5. The highest BCUT2D eigenvalue weighted by Crippen LogP contribution is 2.19. The van der Waals surface area contributed by atoms with Crippen LogP contribution >= 0.6 is 11.3 Å². The van der Waals surface area contributed by atoms with Crippen LogP contribution in [-0.4, -0.2) is 30.0 Å². The second-order valence-electron chi connectivity index (χ2n) is 5.28. The van der Waals surface area contributed by atoms with Crippen LogP contribution in [0.3, 0.4) is 0 Å². The number of nitrogens with one attached hydrogen (secondary N) is 2. The molecule has 2 N–H and O–H groups in total. The Labute approximate surface area is 112 Å². The fourth-order valence-corrected chi connectivity index (χ4v) is 2.94. The predicted molar refractivity (Wildman–Crippen MR) is 74.1 cm³/mol. The number of carbonyl (C=O) groups excluding carboxylic acids is 1. The highest BCUT2D eigenvalue weighted by Gasteiger charge is 2.24. The number of piperidine rings is 1. The third-order valence-corrected chi connectivity index (χ3v) is 4.50. The third-order valence-electron chi connectivity index (χ3n) is 3.35. The Balaban J connectivity index is 1.98. The van der Waals surface area contributed by atoms with Crippen LogP contribution in [0.15, 0.2) is 5.38 Å². The van der Waals surface area contributed by atoms with Gasteiger partial charge in [0.1, 0.15) is 5.69 Å². The average molecular weight is 267 g/mol. The number of aromatic nitrogens is 1. The predicted octanol–water partition coefficient (Wildman–Crippen LogP) is 1.99. The molecule has 1 aromatic heterocycles. The summed E-state index contributed by atoms with van der Waals surface area (Å²) in [5.74, 6) is 0.831. The zero-order valence-corrected chi connectivity index (χ0v) is 12.0. The van der Waals surface area contributed by atoms with Gasteiger partial charge in [0.15, 0.2) is 0 Å². The average Bonchev–Trinajstić information content (AvgIpc) is 2.81. The molecule has 100 valence electrons. The van der Waals surface area contributed by atoms with Gasteiger partial charge in [-0.3, -0.25) is 4.79 Å². The molecule has 2 atom stereocenters. The van der Waals surface area contributed by atoms with Gasteiger partial charge in [-0.05, 0) is 25.4 Å². The summed E-state index contributed by atoms with van der Waals surface area (Å²) in [6.45, 7) is 8.30. The topological polar surface area (TPSA) is 54.0 Å². The molecule has 2 rings (SSSR count). The minimum absolute atomic E-state index is 0.0306. The van der Waals surface area contributed by atoms with Crippen LogP contribution in [0.5, 0.6) is 0 Å². The number of thiazole rings is 1.